The number of carbonyl (C=O) groups is 1. The number of fused-ring (bicyclic) bond motifs is 1. The molecule has 4 rings (SSSR count). The number of aromatic hydroxyl groups is 1. The predicted molar refractivity (Wildman–Crippen MR) is 96.7 cm³/mol. The molecule has 7 heteroatoms. The van der Waals surface area contributed by atoms with Crippen LogP contribution in [0.2, 0.25) is 0 Å². The monoisotopic (exact) mass is 400 g/mol. The fourth-order valence-corrected chi connectivity index (χ4v) is 3.72. The molecule has 0 spiro atoms. The number of aromatic nitrogens is 3. The molecule has 0 radical (unpaired) electrons. The lowest BCUT2D eigenvalue weighted by Crippen LogP contribution is -2.38. The molecule has 3 aromatic rings. The normalized spacial score (nSPS) is 15.6. The summed E-state index contributed by atoms with van der Waals surface area (Å²) in [6.07, 6.45) is 4.80. The molecule has 0 aliphatic carbocycles. The van der Waals surface area contributed by atoms with Crippen LogP contribution in [0.5, 0.6) is 5.88 Å². The average Bonchev–Trinajstić information content (AvgIpc) is 3.04. The van der Waals surface area contributed by atoms with Crippen LogP contribution in [-0.4, -0.2) is 43.6 Å². The average molecular weight is 401 g/mol. The summed E-state index contributed by atoms with van der Waals surface area (Å²) in [4.78, 5) is 18.8. The van der Waals surface area contributed by atoms with E-state index in [4.69, 9.17) is 0 Å². The third-order valence-electron chi connectivity index (χ3n) is 4.74. The quantitative estimate of drug-likeness (QED) is 0.716. The Bertz CT molecular complexity index is 917. The van der Waals surface area contributed by atoms with E-state index in [9.17, 15) is 9.90 Å². The maximum Gasteiger partial charge on any atom is 0.260 e. The summed E-state index contributed by atoms with van der Waals surface area (Å²) in [7, 11) is 0. The highest BCUT2D eigenvalue weighted by Gasteiger charge is 2.27. The highest BCUT2D eigenvalue weighted by atomic mass is 79.9. The van der Waals surface area contributed by atoms with Crippen molar-refractivity contribution in [1.82, 2.24) is 19.5 Å². The van der Waals surface area contributed by atoms with E-state index in [0.717, 1.165) is 12.8 Å². The van der Waals surface area contributed by atoms with Gasteiger partial charge in [-0.15, -0.1) is 0 Å². The topological polar surface area (TPSA) is 70.7 Å². The zero-order chi connectivity index (χ0) is 17.4. The summed E-state index contributed by atoms with van der Waals surface area (Å²) in [5, 5.41) is 14.4. The SMILES string of the molecule is O=C(c1cnc2c(Br)cnn2c1O)N1CCC(c2ccccc2)CC1. The summed E-state index contributed by atoms with van der Waals surface area (Å²) < 4.78 is 1.94. The van der Waals surface area contributed by atoms with Crippen molar-refractivity contribution in [2.75, 3.05) is 13.1 Å². The molecular formula is C18H17BrN4O2. The van der Waals surface area contributed by atoms with Gasteiger partial charge < -0.3 is 10.0 Å². The lowest BCUT2D eigenvalue weighted by molar-refractivity contribution is 0.0708. The molecule has 0 atom stereocenters. The standard InChI is InChI=1S/C18H17BrN4O2/c19-15-11-21-23-16(15)20-10-14(18(23)25)17(24)22-8-6-13(7-9-22)12-4-2-1-3-5-12/h1-5,10-11,13,25H,6-9H2. The summed E-state index contributed by atoms with van der Waals surface area (Å²) in [6, 6.07) is 10.4. The lowest BCUT2D eigenvalue weighted by Gasteiger charge is -2.32. The number of halogens is 1. The molecule has 1 aliphatic rings. The molecule has 0 unspecified atom stereocenters. The number of piperidine rings is 1. The molecule has 0 saturated carbocycles. The molecule has 6 nitrogen and oxygen atoms in total. The van der Waals surface area contributed by atoms with E-state index in [0.29, 0.717) is 29.1 Å². The van der Waals surface area contributed by atoms with Gasteiger partial charge in [-0.25, -0.2) is 4.98 Å². The van der Waals surface area contributed by atoms with Gasteiger partial charge in [0.05, 0.1) is 10.7 Å². The van der Waals surface area contributed by atoms with Crippen LogP contribution in [0.4, 0.5) is 0 Å². The third-order valence-corrected chi connectivity index (χ3v) is 5.30. The number of carbonyl (C=O) groups excluding carboxylic acids is 1. The van der Waals surface area contributed by atoms with Crippen LogP contribution in [0.25, 0.3) is 5.65 Å². The minimum absolute atomic E-state index is 0.175. The molecule has 25 heavy (non-hydrogen) atoms. The summed E-state index contributed by atoms with van der Waals surface area (Å²) in [5.41, 5.74) is 1.99. The van der Waals surface area contributed by atoms with Gasteiger partial charge in [0.25, 0.3) is 5.91 Å². The Labute approximate surface area is 153 Å². The first kappa shape index (κ1) is 16.1. The van der Waals surface area contributed by atoms with Crippen molar-refractivity contribution in [3.8, 4) is 5.88 Å². The van der Waals surface area contributed by atoms with Crippen molar-refractivity contribution in [3.05, 3.63) is 58.3 Å². The molecule has 1 N–H and O–H groups in total. The molecule has 0 bridgehead atoms. The van der Waals surface area contributed by atoms with Crippen molar-refractivity contribution >= 4 is 27.5 Å². The second kappa shape index (κ2) is 6.48. The van der Waals surface area contributed by atoms with E-state index >= 15 is 0 Å². The van der Waals surface area contributed by atoms with Gasteiger partial charge in [-0.05, 0) is 40.3 Å². The van der Waals surface area contributed by atoms with E-state index in [1.165, 1.54) is 16.3 Å². The van der Waals surface area contributed by atoms with Gasteiger partial charge in [-0.2, -0.15) is 9.61 Å². The minimum atomic E-state index is -0.204. The number of amides is 1. The smallest absolute Gasteiger partial charge is 0.260 e. The number of rotatable bonds is 2. The number of nitrogens with zero attached hydrogens (tertiary/aromatic N) is 4. The fraction of sp³-hybridized carbons (Fsp3) is 0.278. The Morgan fingerprint density at radius 3 is 2.60 bits per heavy atom. The van der Waals surface area contributed by atoms with Crippen LogP contribution in [0, 0.1) is 0 Å². The van der Waals surface area contributed by atoms with E-state index in [2.05, 4.69) is 38.1 Å². The molecule has 1 fully saturated rings. The van der Waals surface area contributed by atoms with Gasteiger partial charge in [-0.3, -0.25) is 4.79 Å². The van der Waals surface area contributed by atoms with Gasteiger partial charge in [0.2, 0.25) is 5.88 Å². The first-order valence-corrected chi connectivity index (χ1v) is 9.00. The summed E-state index contributed by atoms with van der Waals surface area (Å²) in [5.74, 6) is 0.0949. The number of hydrogen-bond acceptors (Lipinski definition) is 4. The van der Waals surface area contributed by atoms with Gasteiger partial charge in [0.1, 0.15) is 5.56 Å². The van der Waals surface area contributed by atoms with Crippen LogP contribution in [-0.2, 0) is 0 Å². The van der Waals surface area contributed by atoms with Crippen LogP contribution in [0.1, 0.15) is 34.7 Å². The van der Waals surface area contributed by atoms with Crippen molar-refractivity contribution < 1.29 is 9.90 Å². The van der Waals surface area contributed by atoms with Crippen molar-refractivity contribution in [1.29, 1.82) is 0 Å². The molecular weight excluding hydrogens is 384 g/mol. The Kier molecular flexibility index (Phi) is 4.17. The zero-order valence-corrected chi connectivity index (χ0v) is 15.1. The first-order valence-electron chi connectivity index (χ1n) is 8.20. The second-order valence-electron chi connectivity index (χ2n) is 6.20. The van der Waals surface area contributed by atoms with Crippen LogP contribution >= 0.6 is 15.9 Å². The third kappa shape index (κ3) is 2.89. The molecule has 1 aromatic carbocycles. The van der Waals surface area contributed by atoms with Crippen molar-refractivity contribution in [2.45, 2.75) is 18.8 Å². The molecule has 1 saturated heterocycles. The summed E-state index contributed by atoms with van der Waals surface area (Å²) >= 11 is 3.32. The molecule has 3 heterocycles. The number of likely N-dealkylation sites (tertiary alicyclic amines) is 1. The lowest BCUT2D eigenvalue weighted by atomic mass is 9.89. The largest absolute Gasteiger partial charge is 0.493 e. The maximum absolute atomic E-state index is 12.8. The zero-order valence-electron chi connectivity index (χ0n) is 13.5. The fourth-order valence-electron chi connectivity index (χ4n) is 3.35. The molecule has 1 amide bonds. The van der Waals surface area contributed by atoms with E-state index in [1.807, 2.05) is 18.2 Å². The Hall–Kier alpha value is -2.41. The highest BCUT2D eigenvalue weighted by Crippen LogP contribution is 2.30. The second-order valence-corrected chi connectivity index (χ2v) is 7.05. The van der Waals surface area contributed by atoms with Crippen molar-refractivity contribution in [2.24, 2.45) is 0 Å². The van der Waals surface area contributed by atoms with Crippen LogP contribution < -0.4 is 0 Å². The predicted octanol–water partition coefficient (Wildman–Crippen LogP) is 3.22. The number of hydrogen-bond donors (Lipinski definition) is 1. The Morgan fingerprint density at radius 1 is 1.16 bits per heavy atom. The van der Waals surface area contributed by atoms with Gasteiger partial charge >= 0.3 is 0 Å². The van der Waals surface area contributed by atoms with E-state index in [-0.39, 0.29) is 17.4 Å². The maximum atomic E-state index is 12.8. The summed E-state index contributed by atoms with van der Waals surface area (Å²) in [6.45, 7) is 1.33. The first-order chi connectivity index (χ1) is 12.1. The van der Waals surface area contributed by atoms with Crippen molar-refractivity contribution in [3.63, 3.8) is 0 Å². The van der Waals surface area contributed by atoms with E-state index in [1.54, 1.807) is 11.1 Å². The Morgan fingerprint density at radius 2 is 1.88 bits per heavy atom. The van der Waals surface area contributed by atoms with Crippen LogP contribution in [0.15, 0.2) is 47.2 Å². The van der Waals surface area contributed by atoms with E-state index < -0.39 is 0 Å². The molecule has 2 aromatic heterocycles. The molecule has 1 aliphatic heterocycles. The van der Waals surface area contributed by atoms with Gasteiger partial charge in [-0.1, -0.05) is 30.3 Å². The highest BCUT2D eigenvalue weighted by molar-refractivity contribution is 9.10. The Balaban J connectivity index is 1.52. The minimum Gasteiger partial charge on any atom is -0.493 e. The molecule has 128 valence electrons. The van der Waals surface area contributed by atoms with Gasteiger partial charge in [0.15, 0.2) is 5.65 Å². The van der Waals surface area contributed by atoms with Crippen LogP contribution in [0.3, 0.4) is 0 Å². The number of benzene rings is 1. The van der Waals surface area contributed by atoms with Gasteiger partial charge in [0, 0.05) is 19.3 Å².